The molecule has 100 valence electrons. The van der Waals surface area contributed by atoms with Crippen LogP contribution in [0.5, 0.6) is 0 Å². The highest BCUT2D eigenvalue weighted by Gasteiger charge is 2.22. The van der Waals surface area contributed by atoms with E-state index in [1.54, 1.807) is 0 Å². The smallest absolute Gasteiger partial charge is 0.326 e. The lowest BCUT2D eigenvalue weighted by Crippen LogP contribution is -2.44. The zero-order valence-corrected chi connectivity index (χ0v) is 11.2. The standard InChI is InChI=1S/C12H23NO4/c1-8(2)6-9(11(15)16)13-10(14)7-17-12(3,4)5/h8-9H,6-7H2,1-5H3,(H,13,14)(H,15,16)/t9-/m0/s1. The van der Waals surface area contributed by atoms with Gasteiger partial charge in [0.25, 0.3) is 0 Å². The Morgan fingerprint density at radius 2 is 1.82 bits per heavy atom. The molecule has 0 radical (unpaired) electrons. The molecule has 0 rings (SSSR count). The van der Waals surface area contributed by atoms with Gasteiger partial charge in [-0.2, -0.15) is 0 Å². The number of amides is 1. The van der Waals surface area contributed by atoms with E-state index in [9.17, 15) is 9.59 Å². The van der Waals surface area contributed by atoms with Crippen LogP contribution in [0.3, 0.4) is 0 Å². The van der Waals surface area contributed by atoms with E-state index in [0.29, 0.717) is 6.42 Å². The maximum Gasteiger partial charge on any atom is 0.326 e. The molecule has 1 atom stereocenters. The third-order valence-corrected chi connectivity index (χ3v) is 1.98. The van der Waals surface area contributed by atoms with Crippen molar-refractivity contribution in [2.75, 3.05) is 6.61 Å². The second-order valence-electron chi connectivity index (χ2n) is 5.49. The highest BCUT2D eigenvalue weighted by molar-refractivity contribution is 5.84. The maximum atomic E-state index is 11.5. The molecule has 0 aromatic heterocycles. The zero-order valence-electron chi connectivity index (χ0n) is 11.2. The van der Waals surface area contributed by atoms with Gasteiger partial charge in [-0.05, 0) is 33.1 Å². The number of rotatable bonds is 6. The number of carbonyl (C=O) groups excluding carboxylic acids is 1. The van der Waals surface area contributed by atoms with Crippen molar-refractivity contribution in [2.45, 2.75) is 52.7 Å². The van der Waals surface area contributed by atoms with Crippen LogP contribution in [0.2, 0.25) is 0 Å². The molecule has 0 aromatic rings. The number of carboxylic acids is 1. The molecular weight excluding hydrogens is 222 g/mol. The number of hydrogen-bond acceptors (Lipinski definition) is 3. The van der Waals surface area contributed by atoms with Gasteiger partial charge in [-0.15, -0.1) is 0 Å². The van der Waals surface area contributed by atoms with Crippen LogP contribution in [-0.4, -0.2) is 35.2 Å². The summed E-state index contributed by atoms with van der Waals surface area (Å²) in [4.78, 5) is 22.4. The number of aliphatic carboxylic acids is 1. The largest absolute Gasteiger partial charge is 0.480 e. The van der Waals surface area contributed by atoms with E-state index in [4.69, 9.17) is 9.84 Å². The lowest BCUT2D eigenvalue weighted by Gasteiger charge is -2.21. The van der Waals surface area contributed by atoms with Crippen LogP contribution in [0, 0.1) is 5.92 Å². The third-order valence-electron chi connectivity index (χ3n) is 1.98. The van der Waals surface area contributed by atoms with Crippen LogP contribution in [0.1, 0.15) is 41.0 Å². The molecule has 5 heteroatoms. The Morgan fingerprint density at radius 3 is 2.18 bits per heavy atom. The van der Waals surface area contributed by atoms with Crippen molar-refractivity contribution in [3.8, 4) is 0 Å². The molecule has 0 unspecified atom stereocenters. The van der Waals surface area contributed by atoms with Gasteiger partial charge in [-0.25, -0.2) is 4.79 Å². The topological polar surface area (TPSA) is 75.6 Å². The first-order valence-corrected chi connectivity index (χ1v) is 5.78. The van der Waals surface area contributed by atoms with E-state index < -0.39 is 23.5 Å². The van der Waals surface area contributed by atoms with Crippen molar-refractivity contribution in [3.63, 3.8) is 0 Å². The normalized spacial score (nSPS) is 13.5. The fourth-order valence-corrected chi connectivity index (χ4v) is 1.21. The van der Waals surface area contributed by atoms with Crippen molar-refractivity contribution in [1.82, 2.24) is 5.32 Å². The Kier molecular flexibility index (Phi) is 6.16. The summed E-state index contributed by atoms with van der Waals surface area (Å²) in [5.41, 5.74) is -0.409. The lowest BCUT2D eigenvalue weighted by molar-refractivity contribution is -0.144. The van der Waals surface area contributed by atoms with Gasteiger partial charge in [0.15, 0.2) is 0 Å². The molecule has 5 nitrogen and oxygen atoms in total. The number of hydrogen-bond donors (Lipinski definition) is 2. The van der Waals surface area contributed by atoms with Gasteiger partial charge in [0.05, 0.1) is 5.60 Å². The van der Waals surface area contributed by atoms with Gasteiger partial charge < -0.3 is 15.2 Å². The average molecular weight is 245 g/mol. The summed E-state index contributed by atoms with van der Waals surface area (Å²) in [5.74, 6) is -1.20. The Morgan fingerprint density at radius 1 is 1.29 bits per heavy atom. The van der Waals surface area contributed by atoms with E-state index in [2.05, 4.69) is 5.32 Å². The molecule has 2 N–H and O–H groups in total. The molecule has 0 bridgehead atoms. The molecule has 0 saturated carbocycles. The minimum atomic E-state index is -1.01. The summed E-state index contributed by atoms with van der Waals surface area (Å²) < 4.78 is 5.27. The SMILES string of the molecule is CC(C)C[C@H](NC(=O)COC(C)(C)C)C(=O)O. The Bertz CT molecular complexity index is 268. The third kappa shape index (κ3) is 8.68. The predicted molar refractivity (Wildman–Crippen MR) is 64.7 cm³/mol. The first-order chi connectivity index (χ1) is 7.61. The lowest BCUT2D eigenvalue weighted by atomic mass is 10.0. The van der Waals surface area contributed by atoms with E-state index in [1.165, 1.54) is 0 Å². The van der Waals surface area contributed by atoms with Gasteiger partial charge in [0.1, 0.15) is 12.6 Å². The molecule has 0 spiro atoms. The molecule has 0 heterocycles. The molecule has 0 aliphatic rings. The summed E-state index contributed by atoms with van der Waals surface area (Å²) in [6, 6.07) is -0.842. The average Bonchev–Trinajstić information content (AvgIpc) is 2.11. The molecule has 0 aliphatic carbocycles. The van der Waals surface area contributed by atoms with Gasteiger partial charge in [-0.3, -0.25) is 4.79 Å². The van der Waals surface area contributed by atoms with Crippen LogP contribution in [-0.2, 0) is 14.3 Å². The first kappa shape index (κ1) is 15.9. The molecule has 0 aromatic carbocycles. The number of carbonyl (C=O) groups is 2. The molecule has 0 fully saturated rings. The number of ether oxygens (including phenoxy) is 1. The minimum Gasteiger partial charge on any atom is -0.480 e. The van der Waals surface area contributed by atoms with Crippen molar-refractivity contribution in [1.29, 1.82) is 0 Å². The Hall–Kier alpha value is -1.10. The monoisotopic (exact) mass is 245 g/mol. The number of nitrogens with one attached hydrogen (secondary N) is 1. The van der Waals surface area contributed by atoms with E-state index >= 15 is 0 Å². The quantitative estimate of drug-likeness (QED) is 0.742. The van der Waals surface area contributed by atoms with Crippen LogP contribution < -0.4 is 5.32 Å². The van der Waals surface area contributed by atoms with Gasteiger partial charge in [0.2, 0.25) is 5.91 Å². The zero-order chi connectivity index (χ0) is 13.6. The van der Waals surface area contributed by atoms with Crippen LogP contribution in [0.25, 0.3) is 0 Å². The molecular formula is C12H23NO4. The second kappa shape index (κ2) is 6.59. The maximum absolute atomic E-state index is 11.5. The van der Waals surface area contributed by atoms with E-state index in [0.717, 1.165) is 0 Å². The summed E-state index contributed by atoms with van der Waals surface area (Å²) in [6.07, 6.45) is 0.413. The van der Waals surface area contributed by atoms with E-state index in [-0.39, 0.29) is 12.5 Å². The van der Waals surface area contributed by atoms with Crippen molar-refractivity contribution < 1.29 is 19.4 Å². The first-order valence-electron chi connectivity index (χ1n) is 5.78. The van der Waals surface area contributed by atoms with Crippen molar-refractivity contribution in [3.05, 3.63) is 0 Å². The summed E-state index contributed by atoms with van der Waals surface area (Å²) in [7, 11) is 0. The second-order valence-corrected chi connectivity index (χ2v) is 5.49. The molecule has 0 aliphatic heterocycles. The molecule has 17 heavy (non-hydrogen) atoms. The van der Waals surface area contributed by atoms with Crippen LogP contribution in [0.15, 0.2) is 0 Å². The highest BCUT2D eigenvalue weighted by atomic mass is 16.5. The van der Waals surface area contributed by atoms with Gasteiger partial charge >= 0.3 is 5.97 Å². The predicted octanol–water partition coefficient (Wildman–Crippen LogP) is 1.42. The van der Waals surface area contributed by atoms with Crippen molar-refractivity contribution >= 4 is 11.9 Å². The number of carboxylic acid groups (broad SMARTS) is 1. The van der Waals surface area contributed by atoms with Crippen molar-refractivity contribution in [2.24, 2.45) is 5.92 Å². The van der Waals surface area contributed by atoms with Crippen LogP contribution in [0.4, 0.5) is 0 Å². The summed E-state index contributed by atoms with van der Waals surface area (Å²) in [6.45, 7) is 9.21. The summed E-state index contributed by atoms with van der Waals surface area (Å²) >= 11 is 0. The van der Waals surface area contributed by atoms with E-state index in [1.807, 2.05) is 34.6 Å². The highest BCUT2D eigenvalue weighted by Crippen LogP contribution is 2.07. The fraction of sp³-hybridized carbons (Fsp3) is 0.833. The van der Waals surface area contributed by atoms with Gasteiger partial charge in [0, 0.05) is 0 Å². The fourth-order valence-electron chi connectivity index (χ4n) is 1.21. The molecule has 1 amide bonds. The minimum absolute atomic E-state index is 0.120. The summed E-state index contributed by atoms with van der Waals surface area (Å²) in [5, 5.41) is 11.4. The van der Waals surface area contributed by atoms with Gasteiger partial charge in [-0.1, -0.05) is 13.8 Å². The Labute approximate surface area is 103 Å². The molecule has 0 saturated heterocycles. The Balaban J connectivity index is 4.18. The van der Waals surface area contributed by atoms with Crippen LogP contribution >= 0.6 is 0 Å².